The van der Waals surface area contributed by atoms with Gasteiger partial charge in [0.1, 0.15) is 17.2 Å². The molecular formula is C19H20N2O4S. The van der Waals surface area contributed by atoms with Gasteiger partial charge in [0.05, 0.1) is 12.7 Å². The van der Waals surface area contributed by atoms with E-state index in [9.17, 15) is 15.0 Å². The number of ether oxygens (including phenoxy) is 1. The highest BCUT2D eigenvalue weighted by atomic mass is 32.1. The fourth-order valence-electron chi connectivity index (χ4n) is 3.23. The van der Waals surface area contributed by atoms with Crippen molar-refractivity contribution in [3.63, 3.8) is 0 Å². The minimum absolute atomic E-state index is 0.258. The number of thiophene rings is 1. The van der Waals surface area contributed by atoms with Crippen molar-refractivity contribution in [3.05, 3.63) is 52.6 Å². The molecule has 0 aliphatic carbocycles. The molecule has 1 aliphatic rings. The van der Waals surface area contributed by atoms with Gasteiger partial charge in [-0.2, -0.15) is 4.98 Å². The molecule has 26 heavy (non-hydrogen) atoms. The van der Waals surface area contributed by atoms with E-state index in [4.69, 9.17) is 4.74 Å². The Balaban J connectivity index is 1.70. The minimum atomic E-state index is -0.789. The number of aromatic nitrogens is 2. The lowest BCUT2D eigenvalue weighted by Crippen LogP contribution is -2.27. The summed E-state index contributed by atoms with van der Waals surface area (Å²) in [7, 11) is 0. The highest BCUT2D eigenvalue weighted by Crippen LogP contribution is 2.33. The Morgan fingerprint density at radius 2 is 2.12 bits per heavy atom. The average Bonchev–Trinajstić information content (AvgIpc) is 3.23. The summed E-state index contributed by atoms with van der Waals surface area (Å²) in [6.07, 6.45) is 0.908. The lowest BCUT2D eigenvalue weighted by Gasteiger charge is -2.14. The molecule has 2 N–H and O–H groups in total. The standard InChI is InChI=1S/C19H20N2O4S/c1-2-11-3-5-12(6-4-11)16-7-13-9-21(19(24)20-18(13)26-16)17-8-14(23)15(10-22)25-17/h3-7,9,14-15,17,22-23H,2,8,10H2,1H3/t14-,15+,17+/m0/s1. The second kappa shape index (κ2) is 6.92. The summed E-state index contributed by atoms with van der Waals surface area (Å²) in [4.78, 5) is 18.3. The van der Waals surface area contributed by atoms with E-state index in [2.05, 4.69) is 36.2 Å². The fourth-order valence-corrected chi connectivity index (χ4v) is 4.23. The van der Waals surface area contributed by atoms with Gasteiger partial charge in [-0.25, -0.2) is 4.79 Å². The molecule has 0 saturated carbocycles. The number of aryl methyl sites for hydroxylation is 1. The molecule has 0 unspecified atom stereocenters. The number of nitrogens with zero attached hydrogens (tertiary/aromatic N) is 2. The minimum Gasteiger partial charge on any atom is -0.394 e. The molecule has 136 valence electrons. The molecule has 3 atom stereocenters. The summed E-state index contributed by atoms with van der Waals surface area (Å²) in [5, 5.41) is 20.0. The maximum absolute atomic E-state index is 12.4. The van der Waals surface area contributed by atoms with E-state index in [1.807, 2.05) is 6.07 Å². The molecule has 0 spiro atoms. The van der Waals surface area contributed by atoms with Crippen molar-refractivity contribution in [3.8, 4) is 10.4 Å². The molecule has 1 fully saturated rings. The lowest BCUT2D eigenvalue weighted by atomic mass is 10.1. The van der Waals surface area contributed by atoms with E-state index in [0.717, 1.165) is 22.2 Å². The van der Waals surface area contributed by atoms with Crippen molar-refractivity contribution in [1.29, 1.82) is 0 Å². The molecule has 0 amide bonds. The first-order chi connectivity index (χ1) is 12.6. The van der Waals surface area contributed by atoms with Gasteiger partial charge in [0, 0.05) is 22.9 Å². The Morgan fingerprint density at radius 3 is 2.77 bits per heavy atom. The molecule has 3 aromatic rings. The molecule has 0 radical (unpaired) electrons. The third-order valence-corrected chi connectivity index (χ3v) is 5.87. The molecule has 1 aliphatic heterocycles. The smallest absolute Gasteiger partial charge is 0.351 e. The van der Waals surface area contributed by atoms with Gasteiger partial charge in [0.25, 0.3) is 0 Å². The molecule has 4 rings (SSSR count). The van der Waals surface area contributed by atoms with Gasteiger partial charge < -0.3 is 14.9 Å². The van der Waals surface area contributed by atoms with Gasteiger partial charge in [0.15, 0.2) is 0 Å². The zero-order valence-corrected chi connectivity index (χ0v) is 15.1. The summed E-state index contributed by atoms with van der Waals surface area (Å²) in [5.41, 5.74) is 1.96. The van der Waals surface area contributed by atoms with E-state index in [0.29, 0.717) is 4.83 Å². The van der Waals surface area contributed by atoms with Gasteiger partial charge in [-0.05, 0) is 23.6 Å². The van der Waals surface area contributed by atoms with E-state index in [1.165, 1.54) is 21.5 Å². The Morgan fingerprint density at radius 1 is 1.35 bits per heavy atom. The molecule has 0 bridgehead atoms. The van der Waals surface area contributed by atoms with E-state index in [1.54, 1.807) is 6.20 Å². The largest absolute Gasteiger partial charge is 0.394 e. The monoisotopic (exact) mass is 372 g/mol. The first-order valence-corrected chi connectivity index (χ1v) is 9.47. The second-order valence-corrected chi connectivity index (χ2v) is 7.50. The van der Waals surface area contributed by atoms with Crippen LogP contribution >= 0.6 is 11.3 Å². The topological polar surface area (TPSA) is 84.6 Å². The van der Waals surface area contributed by atoms with E-state index >= 15 is 0 Å². The van der Waals surface area contributed by atoms with Crippen LogP contribution in [0.15, 0.2) is 41.3 Å². The normalized spacial score (nSPS) is 23.0. The van der Waals surface area contributed by atoms with Crippen LogP contribution in [0.25, 0.3) is 20.7 Å². The van der Waals surface area contributed by atoms with Crippen LogP contribution in [0.4, 0.5) is 0 Å². The van der Waals surface area contributed by atoms with Crippen LogP contribution in [0.1, 0.15) is 25.1 Å². The van der Waals surface area contributed by atoms with Gasteiger partial charge in [-0.15, -0.1) is 11.3 Å². The van der Waals surface area contributed by atoms with Crippen LogP contribution in [-0.2, 0) is 11.2 Å². The number of benzene rings is 1. The highest BCUT2D eigenvalue weighted by Gasteiger charge is 2.35. The first-order valence-electron chi connectivity index (χ1n) is 8.65. The van der Waals surface area contributed by atoms with Gasteiger partial charge in [-0.1, -0.05) is 31.2 Å². The Hall–Kier alpha value is -2.06. The Labute approximate surface area is 154 Å². The maximum Gasteiger partial charge on any atom is 0.351 e. The number of rotatable bonds is 4. The van der Waals surface area contributed by atoms with E-state index < -0.39 is 24.1 Å². The summed E-state index contributed by atoms with van der Waals surface area (Å²) >= 11 is 1.48. The zero-order chi connectivity index (χ0) is 18.3. The summed E-state index contributed by atoms with van der Waals surface area (Å²) in [6, 6.07) is 10.4. The van der Waals surface area contributed by atoms with Crippen LogP contribution in [0.5, 0.6) is 0 Å². The predicted octanol–water partition coefficient (Wildman–Crippen LogP) is 2.33. The van der Waals surface area contributed by atoms with Crippen molar-refractivity contribution >= 4 is 21.6 Å². The first kappa shape index (κ1) is 17.4. The summed E-state index contributed by atoms with van der Waals surface area (Å²) in [5.74, 6) is 0. The third-order valence-electron chi connectivity index (χ3n) is 4.78. The number of aliphatic hydroxyl groups excluding tert-OH is 2. The third kappa shape index (κ3) is 3.07. The van der Waals surface area contributed by atoms with Crippen LogP contribution < -0.4 is 5.69 Å². The van der Waals surface area contributed by atoms with Crippen molar-refractivity contribution in [2.45, 2.75) is 38.2 Å². The average molecular weight is 372 g/mol. The number of aliphatic hydroxyl groups is 2. The van der Waals surface area contributed by atoms with Gasteiger partial charge in [-0.3, -0.25) is 4.57 Å². The fraction of sp³-hybridized carbons (Fsp3) is 0.368. The lowest BCUT2D eigenvalue weighted by molar-refractivity contribution is -0.0457. The predicted molar refractivity (Wildman–Crippen MR) is 100 cm³/mol. The molecular weight excluding hydrogens is 352 g/mol. The van der Waals surface area contributed by atoms with Crippen LogP contribution in [0, 0.1) is 0 Å². The SMILES string of the molecule is CCc1ccc(-c2cc3cn([C@H]4C[C@H](O)[C@@H](CO)O4)c(=O)nc3s2)cc1. The molecule has 2 aromatic heterocycles. The maximum atomic E-state index is 12.4. The van der Waals surface area contributed by atoms with Crippen molar-refractivity contribution in [2.24, 2.45) is 0 Å². The second-order valence-electron chi connectivity index (χ2n) is 6.47. The summed E-state index contributed by atoms with van der Waals surface area (Å²) < 4.78 is 6.98. The van der Waals surface area contributed by atoms with Gasteiger partial charge >= 0.3 is 5.69 Å². The molecule has 1 aromatic carbocycles. The Bertz CT molecular complexity index is 979. The number of hydrogen-bond donors (Lipinski definition) is 2. The Kier molecular flexibility index (Phi) is 4.62. The van der Waals surface area contributed by atoms with Crippen LogP contribution in [-0.4, -0.2) is 38.6 Å². The number of hydrogen-bond acceptors (Lipinski definition) is 6. The van der Waals surface area contributed by atoms with Crippen LogP contribution in [0.3, 0.4) is 0 Å². The van der Waals surface area contributed by atoms with Crippen LogP contribution in [0.2, 0.25) is 0 Å². The van der Waals surface area contributed by atoms with Crippen molar-refractivity contribution in [2.75, 3.05) is 6.61 Å². The van der Waals surface area contributed by atoms with Gasteiger partial charge in [0.2, 0.25) is 0 Å². The zero-order valence-electron chi connectivity index (χ0n) is 14.3. The quantitative estimate of drug-likeness (QED) is 0.734. The molecule has 6 nitrogen and oxygen atoms in total. The number of fused-ring (bicyclic) bond motifs is 1. The van der Waals surface area contributed by atoms with Crippen molar-refractivity contribution < 1.29 is 14.9 Å². The molecule has 3 heterocycles. The highest BCUT2D eigenvalue weighted by molar-refractivity contribution is 7.21. The summed E-state index contributed by atoms with van der Waals surface area (Å²) in [6.45, 7) is 1.84. The van der Waals surface area contributed by atoms with Crippen molar-refractivity contribution in [1.82, 2.24) is 9.55 Å². The molecule has 1 saturated heterocycles. The molecule has 7 heteroatoms. The van der Waals surface area contributed by atoms with E-state index in [-0.39, 0.29) is 13.0 Å².